The van der Waals surface area contributed by atoms with Crippen LogP contribution in [0.15, 0.2) is 30.9 Å². The lowest BCUT2D eigenvalue weighted by Gasteiger charge is -2.32. The number of hydrogen-bond acceptors (Lipinski definition) is 4. The van der Waals surface area contributed by atoms with Gasteiger partial charge in [-0.25, -0.2) is 4.98 Å². The Hall–Kier alpha value is -1.72. The van der Waals surface area contributed by atoms with Gasteiger partial charge in [0.25, 0.3) is 0 Å². The summed E-state index contributed by atoms with van der Waals surface area (Å²) in [6.07, 6.45) is 8.40. The molecule has 0 saturated heterocycles. The molecule has 122 valence electrons. The zero-order valence-electron chi connectivity index (χ0n) is 13.7. The molecule has 0 bridgehead atoms. The SMILES string of the molecule is Cn1cnc2c1[C@H](COCC1CC1)CN(Cc1cccnc1)C2. The first-order chi connectivity index (χ1) is 11.3. The van der Waals surface area contributed by atoms with Crippen LogP contribution in [0, 0.1) is 5.92 Å². The molecule has 0 radical (unpaired) electrons. The smallest absolute Gasteiger partial charge is 0.0949 e. The van der Waals surface area contributed by atoms with Gasteiger partial charge in [-0.2, -0.15) is 0 Å². The van der Waals surface area contributed by atoms with E-state index in [-0.39, 0.29) is 0 Å². The molecule has 0 spiro atoms. The van der Waals surface area contributed by atoms with Gasteiger partial charge in [-0.05, 0) is 30.4 Å². The molecular weight excluding hydrogens is 288 g/mol. The standard InChI is InChI=1S/C18H24N4O/c1-21-13-20-17-10-22(8-15-3-2-6-19-7-15)9-16(18(17)21)12-23-11-14-4-5-14/h2-3,6-7,13-14,16H,4-5,8-12H2,1H3/t16-/m0/s1. The predicted molar refractivity (Wildman–Crippen MR) is 87.8 cm³/mol. The normalized spacial score (nSPS) is 21.3. The van der Waals surface area contributed by atoms with Crippen LogP contribution in [0.3, 0.4) is 0 Å². The van der Waals surface area contributed by atoms with Crippen molar-refractivity contribution >= 4 is 0 Å². The minimum Gasteiger partial charge on any atom is -0.380 e. The van der Waals surface area contributed by atoms with E-state index >= 15 is 0 Å². The summed E-state index contributed by atoms with van der Waals surface area (Å²) in [7, 11) is 2.09. The molecule has 0 unspecified atom stereocenters. The van der Waals surface area contributed by atoms with Gasteiger partial charge in [0.2, 0.25) is 0 Å². The van der Waals surface area contributed by atoms with Crippen LogP contribution in [0.2, 0.25) is 0 Å². The number of fused-ring (bicyclic) bond motifs is 1. The molecule has 23 heavy (non-hydrogen) atoms. The quantitative estimate of drug-likeness (QED) is 0.821. The van der Waals surface area contributed by atoms with Crippen LogP contribution in [0.5, 0.6) is 0 Å². The molecule has 1 saturated carbocycles. The summed E-state index contributed by atoms with van der Waals surface area (Å²) in [5.74, 6) is 1.22. The van der Waals surface area contributed by atoms with Gasteiger partial charge in [0.05, 0.1) is 18.6 Å². The van der Waals surface area contributed by atoms with Gasteiger partial charge in [0.1, 0.15) is 0 Å². The van der Waals surface area contributed by atoms with Crippen molar-refractivity contribution in [3.8, 4) is 0 Å². The highest BCUT2D eigenvalue weighted by molar-refractivity contribution is 5.22. The third kappa shape index (κ3) is 3.46. The summed E-state index contributed by atoms with van der Waals surface area (Å²) in [6.45, 7) is 4.57. The number of nitrogens with zero attached hydrogens (tertiary/aromatic N) is 4. The summed E-state index contributed by atoms with van der Waals surface area (Å²) in [5, 5.41) is 0. The van der Waals surface area contributed by atoms with Crippen molar-refractivity contribution in [2.24, 2.45) is 13.0 Å². The monoisotopic (exact) mass is 312 g/mol. The van der Waals surface area contributed by atoms with Crippen LogP contribution in [-0.2, 0) is 24.9 Å². The van der Waals surface area contributed by atoms with Gasteiger partial charge in [0.15, 0.2) is 0 Å². The average molecular weight is 312 g/mol. The summed E-state index contributed by atoms with van der Waals surface area (Å²) in [5.41, 5.74) is 3.80. The Balaban J connectivity index is 1.46. The maximum Gasteiger partial charge on any atom is 0.0949 e. The summed E-state index contributed by atoms with van der Waals surface area (Å²) in [6, 6.07) is 4.14. The molecule has 1 fully saturated rings. The molecule has 0 N–H and O–H groups in total. The minimum atomic E-state index is 0.404. The first kappa shape index (κ1) is 14.8. The number of rotatable bonds is 6. The zero-order chi connectivity index (χ0) is 15.6. The lowest BCUT2D eigenvalue weighted by atomic mass is 9.98. The maximum atomic E-state index is 6.00. The molecule has 2 aliphatic rings. The third-order valence-electron chi connectivity index (χ3n) is 4.80. The molecular formula is C18H24N4O. The largest absolute Gasteiger partial charge is 0.380 e. The lowest BCUT2D eigenvalue weighted by Crippen LogP contribution is -2.36. The van der Waals surface area contributed by atoms with Crippen molar-refractivity contribution in [1.82, 2.24) is 19.4 Å². The van der Waals surface area contributed by atoms with E-state index in [1.165, 1.54) is 29.8 Å². The highest BCUT2D eigenvalue weighted by Gasteiger charge is 2.30. The van der Waals surface area contributed by atoms with Gasteiger partial charge < -0.3 is 9.30 Å². The molecule has 0 aromatic carbocycles. The van der Waals surface area contributed by atoms with E-state index in [1.807, 2.05) is 24.8 Å². The van der Waals surface area contributed by atoms with Gasteiger partial charge in [-0.3, -0.25) is 9.88 Å². The molecule has 3 heterocycles. The summed E-state index contributed by atoms with van der Waals surface area (Å²) < 4.78 is 8.17. The Morgan fingerprint density at radius 3 is 3.00 bits per heavy atom. The molecule has 2 aromatic heterocycles. The number of imidazole rings is 1. The van der Waals surface area contributed by atoms with Crippen molar-refractivity contribution in [3.05, 3.63) is 47.8 Å². The van der Waals surface area contributed by atoms with Crippen LogP contribution in [0.1, 0.15) is 35.7 Å². The van der Waals surface area contributed by atoms with E-state index in [1.54, 1.807) is 0 Å². The van der Waals surface area contributed by atoms with Crippen LogP contribution in [0.25, 0.3) is 0 Å². The molecule has 5 heteroatoms. The molecule has 5 nitrogen and oxygen atoms in total. The van der Waals surface area contributed by atoms with Gasteiger partial charge in [-0.15, -0.1) is 0 Å². The number of hydrogen-bond donors (Lipinski definition) is 0. The molecule has 1 aliphatic carbocycles. The van der Waals surface area contributed by atoms with Crippen LogP contribution in [0.4, 0.5) is 0 Å². The van der Waals surface area contributed by atoms with Crippen molar-refractivity contribution in [2.75, 3.05) is 19.8 Å². The first-order valence-electron chi connectivity index (χ1n) is 8.48. The number of pyridine rings is 1. The second-order valence-electron chi connectivity index (χ2n) is 6.90. The molecule has 1 atom stereocenters. The summed E-state index contributed by atoms with van der Waals surface area (Å²) in [4.78, 5) is 11.3. The van der Waals surface area contributed by atoms with Gasteiger partial charge >= 0.3 is 0 Å². The fourth-order valence-corrected chi connectivity index (χ4v) is 3.47. The highest BCUT2D eigenvalue weighted by atomic mass is 16.5. The van der Waals surface area contributed by atoms with Crippen molar-refractivity contribution < 1.29 is 4.74 Å². The highest BCUT2D eigenvalue weighted by Crippen LogP contribution is 2.31. The zero-order valence-corrected chi connectivity index (χ0v) is 13.7. The Morgan fingerprint density at radius 1 is 1.30 bits per heavy atom. The Morgan fingerprint density at radius 2 is 2.22 bits per heavy atom. The number of aryl methyl sites for hydroxylation is 1. The van der Waals surface area contributed by atoms with E-state index in [4.69, 9.17) is 4.74 Å². The molecule has 4 rings (SSSR count). The third-order valence-corrected chi connectivity index (χ3v) is 4.80. The van der Waals surface area contributed by atoms with E-state index in [2.05, 4.69) is 32.5 Å². The topological polar surface area (TPSA) is 43.2 Å². The van der Waals surface area contributed by atoms with E-state index in [0.717, 1.165) is 38.8 Å². The van der Waals surface area contributed by atoms with E-state index in [9.17, 15) is 0 Å². The Bertz CT molecular complexity index is 650. The van der Waals surface area contributed by atoms with Crippen LogP contribution < -0.4 is 0 Å². The first-order valence-corrected chi connectivity index (χ1v) is 8.48. The fraction of sp³-hybridized carbons (Fsp3) is 0.556. The van der Waals surface area contributed by atoms with Crippen molar-refractivity contribution in [3.63, 3.8) is 0 Å². The summed E-state index contributed by atoms with van der Waals surface area (Å²) >= 11 is 0. The van der Waals surface area contributed by atoms with Crippen LogP contribution >= 0.6 is 0 Å². The van der Waals surface area contributed by atoms with Gasteiger partial charge in [-0.1, -0.05) is 6.07 Å². The predicted octanol–water partition coefficient (Wildman–Crippen LogP) is 2.34. The van der Waals surface area contributed by atoms with Crippen molar-refractivity contribution in [2.45, 2.75) is 31.8 Å². The molecule has 0 amide bonds. The number of aromatic nitrogens is 3. The second-order valence-corrected chi connectivity index (χ2v) is 6.90. The van der Waals surface area contributed by atoms with Crippen LogP contribution in [-0.4, -0.2) is 39.2 Å². The second kappa shape index (κ2) is 6.42. The fourth-order valence-electron chi connectivity index (χ4n) is 3.47. The maximum absolute atomic E-state index is 6.00. The van der Waals surface area contributed by atoms with Gasteiger partial charge in [0, 0.05) is 57.3 Å². The molecule has 1 aliphatic heterocycles. The van der Waals surface area contributed by atoms with E-state index in [0.29, 0.717) is 5.92 Å². The molecule has 2 aromatic rings. The minimum absolute atomic E-state index is 0.404. The Labute approximate surface area is 137 Å². The average Bonchev–Trinajstić information content (AvgIpc) is 3.31. The Kier molecular flexibility index (Phi) is 4.14. The van der Waals surface area contributed by atoms with E-state index < -0.39 is 0 Å². The lowest BCUT2D eigenvalue weighted by molar-refractivity contribution is 0.0867. The number of ether oxygens (including phenoxy) is 1. The van der Waals surface area contributed by atoms with Crippen molar-refractivity contribution in [1.29, 1.82) is 0 Å².